The molecule has 1 amide bonds. The Hall–Kier alpha value is -1.55. The van der Waals surface area contributed by atoms with Gasteiger partial charge in [-0.1, -0.05) is 12.8 Å². The molecule has 8 unspecified atom stereocenters. The first-order valence-corrected chi connectivity index (χ1v) is 15.6. The Balaban J connectivity index is 1.23. The van der Waals surface area contributed by atoms with Crippen LogP contribution in [-0.2, 0) is 14.3 Å². The number of nitrogens with one attached hydrogen (secondary N) is 1. The number of hydrogen-bond donors (Lipinski definition) is 1. The number of amides is 1. The van der Waals surface area contributed by atoms with Crippen LogP contribution in [-0.4, -0.2) is 126 Å². The van der Waals surface area contributed by atoms with Crippen LogP contribution in [0.4, 0.5) is 4.39 Å². The maximum absolute atomic E-state index is 16.2. The number of carbonyl (C=O) groups excluding carboxylic acids is 2. The minimum atomic E-state index is -1.15. The highest BCUT2D eigenvalue weighted by molar-refractivity contribution is 6.20. The number of alkyl halides is 1. The van der Waals surface area contributed by atoms with Crippen molar-refractivity contribution in [3.8, 4) is 0 Å². The van der Waals surface area contributed by atoms with E-state index >= 15 is 4.39 Å². The number of morpholine rings is 1. The highest BCUT2D eigenvalue weighted by Crippen LogP contribution is 2.46. The molecule has 6 rings (SSSR count). The topological polar surface area (TPSA) is 68.4 Å². The number of nitrogens with zero attached hydrogens (tertiary/aromatic N) is 4. The number of ether oxygens (including phenoxy) is 1. The molecule has 0 aromatic rings. The Morgan fingerprint density at radius 1 is 1.08 bits per heavy atom. The van der Waals surface area contributed by atoms with E-state index in [4.69, 9.17) is 4.74 Å². The van der Waals surface area contributed by atoms with E-state index in [1.807, 2.05) is 6.20 Å². The molecule has 5 fully saturated rings. The molecular formula is C30H48FN5O3. The summed E-state index contributed by atoms with van der Waals surface area (Å²) in [4.78, 5) is 36.6. The molecule has 0 bridgehead atoms. The number of halogens is 1. The van der Waals surface area contributed by atoms with Crippen LogP contribution in [0.2, 0.25) is 0 Å². The smallest absolute Gasteiger partial charge is 0.256 e. The highest BCUT2D eigenvalue weighted by Gasteiger charge is 2.59. The van der Waals surface area contributed by atoms with E-state index in [2.05, 4.69) is 45.8 Å². The van der Waals surface area contributed by atoms with Gasteiger partial charge in [0, 0.05) is 56.9 Å². The molecule has 4 aliphatic heterocycles. The minimum Gasteiger partial charge on any atom is -0.369 e. The lowest BCUT2D eigenvalue weighted by molar-refractivity contribution is -0.213. The van der Waals surface area contributed by atoms with Crippen molar-refractivity contribution >= 4 is 11.7 Å². The van der Waals surface area contributed by atoms with E-state index in [0.29, 0.717) is 18.6 Å². The normalized spacial score (nSPS) is 39.9. The lowest BCUT2D eigenvalue weighted by Gasteiger charge is -2.60. The molecule has 3 saturated heterocycles. The number of likely N-dealkylation sites (tertiary alicyclic amines) is 1. The zero-order chi connectivity index (χ0) is 27.3. The van der Waals surface area contributed by atoms with Gasteiger partial charge in [0.1, 0.15) is 6.17 Å². The average molecular weight is 546 g/mol. The van der Waals surface area contributed by atoms with Crippen molar-refractivity contribution in [1.29, 1.82) is 0 Å². The number of ketones is 1. The Kier molecular flexibility index (Phi) is 8.06. The number of rotatable bonds is 6. The molecule has 218 valence electrons. The van der Waals surface area contributed by atoms with Crippen molar-refractivity contribution in [3.63, 3.8) is 0 Å². The molecule has 0 aromatic carbocycles. The summed E-state index contributed by atoms with van der Waals surface area (Å²) in [5.74, 6) is -1.02. The summed E-state index contributed by atoms with van der Waals surface area (Å²) in [7, 11) is 2.14. The van der Waals surface area contributed by atoms with Gasteiger partial charge in [-0.05, 0) is 66.0 Å². The number of carbonyl (C=O) groups is 2. The Morgan fingerprint density at radius 3 is 2.56 bits per heavy atom. The summed E-state index contributed by atoms with van der Waals surface area (Å²) >= 11 is 0. The maximum Gasteiger partial charge on any atom is 0.256 e. The molecule has 2 saturated carbocycles. The molecule has 9 heteroatoms. The van der Waals surface area contributed by atoms with Gasteiger partial charge in [-0.2, -0.15) is 0 Å². The van der Waals surface area contributed by atoms with Crippen molar-refractivity contribution < 1.29 is 18.7 Å². The SMILES string of the molecule is CC(C)N1CCN(C2C(F)CC3C(=O)C(C(=O)NCCC4CCCN4C)=CN4C5CCCCC5OC2C34)CC1. The lowest BCUT2D eigenvalue weighted by Crippen LogP contribution is -2.74. The molecule has 0 spiro atoms. The van der Waals surface area contributed by atoms with E-state index in [1.54, 1.807) is 0 Å². The van der Waals surface area contributed by atoms with Crippen LogP contribution in [0.3, 0.4) is 0 Å². The molecule has 8 nitrogen and oxygen atoms in total. The first-order chi connectivity index (χ1) is 18.8. The summed E-state index contributed by atoms with van der Waals surface area (Å²) < 4.78 is 22.9. The van der Waals surface area contributed by atoms with Crippen LogP contribution in [0.15, 0.2) is 11.8 Å². The van der Waals surface area contributed by atoms with E-state index in [-0.39, 0.29) is 54.0 Å². The zero-order valence-electron chi connectivity index (χ0n) is 24.1. The van der Waals surface area contributed by atoms with E-state index in [0.717, 1.165) is 71.2 Å². The van der Waals surface area contributed by atoms with E-state index in [9.17, 15) is 9.59 Å². The predicted molar refractivity (Wildman–Crippen MR) is 148 cm³/mol. The predicted octanol–water partition coefficient (Wildman–Crippen LogP) is 2.19. The first-order valence-electron chi connectivity index (χ1n) is 15.6. The van der Waals surface area contributed by atoms with Gasteiger partial charge in [-0.15, -0.1) is 0 Å². The second-order valence-electron chi connectivity index (χ2n) is 13.2. The average Bonchev–Trinajstić information content (AvgIpc) is 3.34. The summed E-state index contributed by atoms with van der Waals surface area (Å²) in [6.45, 7) is 9.58. The quantitative estimate of drug-likeness (QED) is 0.514. The summed E-state index contributed by atoms with van der Waals surface area (Å²) in [6, 6.07) is 0.587. The van der Waals surface area contributed by atoms with Crippen LogP contribution in [0.5, 0.6) is 0 Å². The fourth-order valence-corrected chi connectivity index (χ4v) is 8.50. The Labute approximate surface area is 233 Å². The Bertz CT molecular complexity index is 953. The molecule has 39 heavy (non-hydrogen) atoms. The van der Waals surface area contributed by atoms with Crippen molar-refractivity contribution in [1.82, 2.24) is 24.9 Å². The summed E-state index contributed by atoms with van der Waals surface area (Å²) in [6.07, 6.45) is 7.96. The molecule has 2 aliphatic carbocycles. The van der Waals surface area contributed by atoms with Crippen molar-refractivity contribution in [2.75, 3.05) is 46.3 Å². The van der Waals surface area contributed by atoms with Crippen LogP contribution in [0, 0.1) is 5.92 Å². The van der Waals surface area contributed by atoms with Gasteiger partial charge in [-0.3, -0.25) is 19.4 Å². The molecule has 8 atom stereocenters. The van der Waals surface area contributed by atoms with Gasteiger partial charge in [0.25, 0.3) is 5.91 Å². The largest absolute Gasteiger partial charge is 0.369 e. The summed E-state index contributed by atoms with van der Waals surface area (Å²) in [5.41, 5.74) is 0.220. The van der Waals surface area contributed by atoms with Gasteiger partial charge < -0.3 is 19.9 Å². The fourth-order valence-electron chi connectivity index (χ4n) is 8.50. The molecule has 1 N–H and O–H groups in total. The number of fused-ring (bicyclic) bond motifs is 2. The second-order valence-corrected chi connectivity index (χ2v) is 13.2. The lowest BCUT2D eigenvalue weighted by atomic mass is 9.69. The van der Waals surface area contributed by atoms with Crippen molar-refractivity contribution in [2.45, 2.75) is 114 Å². The monoisotopic (exact) mass is 545 g/mol. The highest BCUT2D eigenvalue weighted by atomic mass is 19.1. The van der Waals surface area contributed by atoms with Crippen molar-refractivity contribution in [2.24, 2.45) is 5.92 Å². The van der Waals surface area contributed by atoms with Gasteiger partial charge >= 0.3 is 0 Å². The van der Waals surface area contributed by atoms with Gasteiger partial charge in [-0.25, -0.2) is 4.39 Å². The third-order valence-electron chi connectivity index (χ3n) is 10.7. The Morgan fingerprint density at radius 2 is 1.85 bits per heavy atom. The first kappa shape index (κ1) is 27.6. The van der Waals surface area contributed by atoms with E-state index < -0.39 is 12.1 Å². The second kappa shape index (κ2) is 11.4. The summed E-state index contributed by atoms with van der Waals surface area (Å²) in [5, 5.41) is 3.04. The molecule has 6 aliphatic rings. The maximum atomic E-state index is 16.2. The van der Waals surface area contributed by atoms with Crippen LogP contribution in [0.25, 0.3) is 0 Å². The van der Waals surface area contributed by atoms with Crippen LogP contribution < -0.4 is 5.32 Å². The third-order valence-corrected chi connectivity index (χ3v) is 10.7. The van der Waals surface area contributed by atoms with Crippen LogP contribution >= 0.6 is 0 Å². The van der Waals surface area contributed by atoms with Gasteiger partial charge in [0.15, 0.2) is 5.78 Å². The third kappa shape index (κ3) is 5.17. The molecule has 4 heterocycles. The zero-order valence-corrected chi connectivity index (χ0v) is 24.1. The number of piperazine rings is 1. The molecule has 0 radical (unpaired) electrons. The van der Waals surface area contributed by atoms with Crippen molar-refractivity contribution in [3.05, 3.63) is 11.8 Å². The standard InChI is InChI=1S/C30H48FN5O3/c1-19(2)34-13-15-35(16-14-34)27-23(31)17-21-26-29(27)39-25-9-5-4-8-24(25)36(26)18-22(28(21)37)30(38)32-11-10-20-7-6-12-33(20)3/h18-21,23-27,29H,4-17H2,1-3H3,(H,32,38). The molecular weight excluding hydrogens is 497 g/mol. The van der Waals surface area contributed by atoms with Crippen LogP contribution in [0.1, 0.15) is 65.2 Å². The number of Topliss-reactive ketones (excluding diaryl/α,β-unsaturated/α-hetero) is 1. The van der Waals surface area contributed by atoms with E-state index in [1.165, 1.54) is 6.42 Å². The molecule has 0 aromatic heterocycles. The van der Waals surface area contributed by atoms with Gasteiger partial charge in [0.05, 0.1) is 35.9 Å². The minimum absolute atomic E-state index is 0.0251. The van der Waals surface area contributed by atoms with Gasteiger partial charge in [0.2, 0.25) is 0 Å². The fraction of sp³-hybridized carbons (Fsp3) is 0.867. The number of hydrogen-bond acceptors (Lipinski definition) is 7.